The van der Waals surface area contributed by atoms with Gasteiger partial charge < -0.3 is 20.4 Å². The number of rotatable bonds is 1. The molecule has 0 saturated carbocycles. The van der Waals surface area contributed by atoms with Crippen LogP contribution in [0.3, 0.4) is 0 Å². The quantitative estimate of drug-likeness (QED) is 0.602. The molecule has 21 heavy (non-hydrogen) atoms. The number of phenolic OH excluding ortho intramolecular Hbond substituents is 4. The molecule has 1 aliphatic carbocycles. The van der Waals surface area contributed by atoms with Gasteiger partial charge >= 0.3 is 0 Å². The molecule has 0 heterocycles. The van der Waals surface area contributed by atoms with Gasteiger partial charge in [0.15, 0.2) is 5.78 Å². The first kappa shape index (κ1) is 13.1. The minimum atomic E-state index is -0.338. The Bertz CT molecular complexity index is 789. The molecular formula is C16H12O5. The van der Waals surface area contributed by atoms with Crippen molar-refractivity contribution in [3.05, 3.63) is 52.6 Å². The van der Waals surface area contributed by atoms with Gasteiger partial charge in [0.05, 0.1) is 5.56 Å². The molecule has 0 saturated heterocycles. The molecule has 1 aliphatic rings. The van der Waals surface area contributed by atoms with Crippen molar-refractivity contribution in [3.63, 3.8) is 0 Å². The summed E-state index contributed by atoms with van der Waals surface area (Å²) in [5, 5.41) is 38.2. The minimum absolute atomic E-state index is 0.0711. The molecule has 2 aromatic carbocycles. The number of ketones is 1. The summed E-state index contributed by atoms with van der Waals surface area (Å²) in [6.07, 6.45) is 1.77. The van der Waals surface area contributed by atoms with Crippen molar-refractivity contribution in [2.45, 2.75) is 6.42 Å². The molecule has 0 spiro atoms. The number of carbonyl (C=O) groups excluding carboxylic acids is 1. The SMILES string of the molecule is O=C1/C(=C/c2ccc(O)cc2O)Cc2cc(O)cc(O)c21. The number of carbonyl (C=O) groups is 1. The summed E-state index contributed by atoms with van der Waals surface area (Å²) in [4.78, 5) is 12.3. The molecule has 0 atom stereocenters. The van der Waals surface area contributed by atoms with E-state index in [9.17, 15) is 25.2 Å². The van der Waals surface area contributed by atoms with Gasteiger partial charge in [0.25, 0.3) is 0 Å². The summed E-state index contributed by atoms with van der Waals surface area (Å²) >= 11 is 0. The first-order valence-corrected chi connectivity index (χ1v) is 6.28. The second-order valence-corrected chi connectivity index (χ2v) is 4.92. The van der Waals surface area contributed by atoms with Crippen molar-refractivity contribution in [1.82, 2.24) is 0 Å². The van der Waals surface area contributed by atoms with Crippen molar-refractivity contribution in [1.29, 1.82) is 0 Å². The fourth-order valence-electron chi connectivity index (χ4n) is 2.48. The van der Waals surface area contributed by atoms with Crippen LogP contribution >= 0.6 is 0 Å². The average molecular weight is 284 g/mol. The maximum atomic E-state index is 12.3. The molecular weight excluding hydrogens is 272 g/mol. The van der Waals surface area contributed by atoms with E-state index in [0.717, 1.165) is 6.07 Å². The highest BCUT2D eigenvalue weighted by atomic mass is 16.3. The van der Waals surface area contributed by atoms with Gasteiger partial charge in [0, 0.05) is 29.7 Å². The molecule has 4 N–H and O–H groups in total. The summed E-state index contributed by atoms with van der Waals surface area (Å²) in [7, 11) is 0. The number of hydrogen-bond donors (Lipinski definition) is 4. The molecule has 106 valence electrons. The Morgan fingerprint density at radius 2 is 1.62 bits per heavy atom. The van der Waals surface area contributed by atoms with Gasteiger partial charge in [-0.3, -0.25) is 4.79 Å². The predicted molar refractivity (Wildman–Crippen MR) is 75.6 cm³/mol. The average Bonchev–Trinajstić information content (AvgIpc) is 2.69. The third-order valence-electron chi connectivity index (χ3n) is 3.43. The number of Topliss-reactive ketones (excluding diaryl/α,β-unsaturated/α-hetero) is 1. The van der Waals surface area contributed by atoms with Crippen LogP contribution in [-0.4, -0.2) is 26.2 Å². The molecule has 5 heteroatoms. The molecule has 3 rings (SSSR count). The highest BCUT2D eigenvalue weighted by Crippen LogP contribution is 2.37. The minimum Gasteiger partial charge on any atom is -0.508 e. The van der Waals surface area contributed by atoms with E-state index in [1.165, 1.54) is 30.3 Å². The standard InChI is InChI=1S/C16H12O5/c17-11-2-1-8(13(19)6-11)3-10-4-9-5-12(18)7-14(20)15(9)16(10)21/h1-3,5-7,17-20H,4H2/b10-3+. The van der Waals surface area contributed by atoms with Gasteiger partial charge in [-0.15, -0.1) is 0 Å². The molecule has 0 aromatic heterocycles. The van der Waals surface area contributed by atoms with E-state index in [1.807, 2.05) is 0 Å². The van der Waals surface area contributed by atoms with Crippen LogP contribution in [0.4, 0.5) is 0 Å². The highest BCUT2D eigenvalue weighted by Gasteiger charge is 2.28. The van der Waals surface area contributed by atoms with Crippen LogP contribution in [0.5, 0.6) is 23.0 Å². The largest absolute Gasteiger partial charge is 0.508 e. The number of allylic oxidation sites excluding steroid dienone is 1. The number of benzene rings is 2. The van der Waals surface area contributed by atoms with Crippen LogP contribution in [0.15, 0.2) is 35.9 Å². The molecule has 0 amide bonds. The molecule has 2 aromatic rings. The molecule has 0 radical (unpaired) electrons. The van der Waals surface area contributed by atoms with Crippen LogP contribution in [0.2, 0.25) is 0 Å². The lowest BCUT2D eigenvalue weighted by Gasteiger charge is -2.01. The van der Waals surface area contributed by atoms with Crippen LogP contribution in [0.1, 0.15) is 21.5 Å². The Morgan fingerprint density at radius 1 is 0.905 bits per heavy atom. The summed E-state index contributed by atoms with van der Waals surface area (Å²) in [5.74, 6) is -0.910. The maximum Gasteiger partial charge on any atom is 0.193 e. The Morgan fingerprint density at radius 3 is 2.33 bits per heavy atom. The van der Waals surface area contributed by atoms with Gasteiger partial charge in [-0.2, -0.15) is 0 Å². The van der Waals surface area contributed by atoms with E-state index in [4.69, 9.17) is 0 Å². The molecule has 0 fully saturated rings. The zero-order valence-electron chi connectivity index (χ0n) is 10.9. The molecule has 5 nitrogen and oxygen atoms in total. The maximum absolute atomic E-state index is 12.3. The normalized spacial score (nSPS) is 15.4. The van der Waals surface area contributed by atoms with E-state index in [0.29, 0.717) is 16.7 Å². The van der Waals surface area contributed by atoms with Crippen LogP contribution in [0.25, 0.3) is 6.08 Å². The van der Waals surface area contributed by atoms with Crippen molar-refractivity contribution in [2.24, 2.45) is 0 Å². The van der Waals surface area contributed by atoms with Crippen LogP contribution < -0.4 is 0 Å². The molecule has 0 aliphatic heterocycles. The zero-order chi connectivity index (χ0) is 15.1. The molecule has 0 unspecified atom stereocenters. The second kappa shape index (κ2) is 4.56. The lowest BCUT2D eigenvalue weighted by molar-refractivity contribution is 0.103. The van der Waals surface area contributed by atoms with E-state index < -0.39 is 0 Å². The van der Waals surface area contributed by atoms with Crippen molar-refractivity contribution in [3.8, 4) is 23.0 Å². The van der Waals surface area contributed by atoms with Gasteiger partial charge in [0.2, 0.25) is 0 Å². The van der Waals surface area contributed by atoms with E-state index in [1.54, 1.807) is 0 Å². The summed E-state index contributed by atoms with van der Waals surface area (Å²) in [5.41, 5.74) is 1.51. The number of phenols is 4. The Labute approximate surface area is 120 Å². The second-order valence-electron chi connectivity index (χ2n) is 4.92. The fraction of sp³-hybridized carbons (Fsp3) is 0.0625. The summed E-state index contributed by atoms with van der Waals surface area (Å²) in [6.45, 7) is 0. The van der Waals surface area contributed by atoms with E-state index in [-0.39, 0.29) is 40.8 Å². The monoisotopic (exact) mass is 284 g/mol. The third-order valence-corrected chi connectivity index (χ3v) is 3.43. The Balaban J connectivity index is 2.05. The van der Waals surface area contributed by atoms with Crippen LogP contribution in [0, 0.1) is 0 Å². The summed E-state index contributed by atoms with van der Waals surface area (Å²) in [6, 6.07) is 6.64. The first-order chi connectivity index (χ1) is 9.95. The van der Waals surface area contributed by atoms with Gasteiger partial charge in [0.1, 0.15) is 23.0 Å². The Kier molecular flexibility index (Phi) is 2.83. The lowest BCUT2D eigenvalue weighted by atomic mass is 10.1. The van der Waals surface area contributed by atoms with Crippen LogP contribution in [-0.2, 0) is 6.42 Å². The van der Waals surface area contributed by atoms with Gasteiger partial charge in [-0.05, 0) is 29.8 Å². The topological polar surface area (TPSA) is 98.0 Å². The lowest BCUT2D eigenvalue weighted by Crippen LogP contribution is -1.96. The van der Waals surface area contributed by atoms with Crippen molar-refractivity contribution in [2.75, 3.05) is 0 Å². The highest BCUT2D eigenvalue weighted by molar-refractivity contribution is 6.17. The summed E-state index contributed by atoms with van der Waals surface area (Å²) < 4.78 is 0. The van der Waals surface area contributed by atoms with E-state index >= 15 is 0 Å². The van der Waals surface area contributed by atoms with E-state index in [2.05, 4.69) is 0 Å². The number of hydrogen-bond acceptors (Lipinski definition) is 5. The fourth-order valence-corrected chi connectivity index (χ4v) is 2.48. The predicted octanol–water partition coefficient (Wildman–Crippen LogP) is 2.33. The Hall–Kier alpha value is -2.95. The number of fused-ring (bicyclic) bond motifs is 1. The smallest absolute Gasteiger partial charge is 0.193 e. The zero-order valence-corrected chi connectivity index (χ0v) is 10.9. The van der Waals surface area contributed by atoms with Crippen molar-refractivity contribution < 1.29 is 25.2 Å². The third kappa shape index (κ3) is 2.18. The number of aromatic hydroxyl groups is 4. The van der Waals surface area contributed by atoms with Gasteiger partial charge in [-0.1, -0.05) is 0 Å². The first-order valence-electron chi connectivity index (χ1n) is 6.28. The molecule has 0 bridgehead atoms. The van der Waals surface area contributed by atoms with Gasteiger partial charge in [-0.25, -0.2) is 0 Å². The van der Waals surface area contributed by atoms with Crippen molar-refractivity contribution >= 4 is 11.9 Å².